The van der Waals surface area contributed by atoms with Crippen LogP contribution in [-0.2, 0) is 24.4 Å². The average molecular weight is 370 g/mol. The predicted molar refractivity (Wildman–Crippen MR) is 90.3 cm³/mol. The summed E-state index contributed by atoms with van der Waals surface area (Å²) in [6.07, 6.45) is 3.61. The number of aryl methyl sites for hydroxylation is 1. The van der Waals surface area contributed by atoms with Crippen molar-refractivity contribution >= 4 is 11.8 Å². The van der Waals surface area contributed by atoms with Gasteiger partial charge in [0, 0.05) is 12.3 Å². The van der Waals surface area contributed by atoms with Crippen molar-refractivity contribution in [2.24, 2.45) is 0 Å². The van der Waals surface area contributed by atoms with Gasteiger partial charge in [-0.15, -0.1) is 5.10 Å². The zero-order valence-corrected chi connectivity index (χ0v) is 14.8. The fourth-order valence-electron chi connectivity index (χ4n) is 2.87. The molecule has 2 amide bonds. The van der Waals surface area contributed by atoms with Crippen molar-refractivity contribution in [3.8, 4) is 0 Å². The lowest BCUT2D eigenvalue weighted by molar-refractivity contribution is -0.125. The van der Waals surface area contributed by atoms with E-state index in [1.54, 1.807) is 28.6 Å². The fourth-order valence-corrected chi connectivity index (χ4v) is 2.87. The quantitative estimate of drug-likeness (QED) is 0.643. The number of fused-ring (bicyclic) bond motifs is 1. The molecule has 0 spiro atoms. The van der Waals surface area contributed by atoms with Gasteiger partial charge < -0.3 is 15.2 Å². The van der Waals surface area contributed by atoms with E-state index in [0.717, 1.165) is 11.3 Å². The summed E-state index contributed by atoms with van der Waals surface area (Å²) in [5.41, 5.74) is 2.59. The normalized spacial score (nSPS) is 16.1. The van der Waals surface area contributed by atoms with Crippen LogP contribution in [0, 0.1) is 6.92 Å². The molecule has 0 radical (unpaired) electrons. The maximum Gasteiger partial charge on any atom is 0.273 e. The molecule has 1 aliphatic heterocycles. The minimum Gasteiger partial charge on any atom is -0.359 e. The van der Waals surface area contributed by atoms with Crippen LogP contribution in [0.15, 0.2) is 23.0 Å². The third-order valence-corrected chi connectivity index (χ3v) is 4.34. The van der Waals surface area contributed by atoms with Crippen LogP contribution in [0.5, 0.6) is 0 Å². The van der Waals surface area contributed by atoms with E-state index in [4.69, 9.17) is 4.52 Å². The van der Waals surface area contributed by atoms with Gasteiger partial charge in [-0.2, -0.15) is 5.10 Å². The van der Waals surface area contributed by atoms with Crippen molar-refractivity contribution in [3.05, 3.63) is 46.9 Å². The van der Waals surface area contributed by atoms with Gasteiger partial charge in [-0.1, -0.05) is 10.4 Å². The molecule has 2 N–H and O–H groups in total. The Labute approximate surface area is 153 Å². The average Bonchev–Trinajstić information content (AvgIpc) is 3.37. The van der Waals surface area contributed by atoms with E-state index >= 15 is 0 Å². The Bertz CT molecular complexity index is 1000. The minimum absolute atomic E-state index is 0.106. The van der Waals surface area contributed by atoms with Crippen LogP contribution in [0.4, 0.5) is 0 Å². The number of hydrogen-bond acceptors (Lipinski definition) is 7. The highest BCUT2D eigenvalue weighted by Crippen LogP contribution is 2.17. The number of aromatic nitrogens is 6. The summed E-state index contributed by atoms with van der Waals surface area (Å²) in [5.74, 6) is 0.0441. The Morgan fingerprint density at radius 2 is 2.33 bits per heavy atom. The Morgan fingerprint density at radius 1 is 1.48 bits per heavy atom. The molecule has 0 aliphatic carbocycles. The molecular formula is C16H18N8O3. The summed E-state index contributed by atoms with van der Waals surface area (Å²) in [6.45, 7) is 4.59. The summed E-state index contributed by atoms with van der Waals surface area (Å²) < 4.78 is 8.48. The van der Waals surface area contributed by atoms with Gasteiger partial charge in [-0.05, 0) is 19.4 Å². The van der Waals surface area contributed by atoms with Crippen LogP contribution in [0.3, 0.4) is 0 Å². The first-order valence-electron chi connectivity index (χ1n) is 8.45. The summed E-state index contributed by atoms with van der Waals surface area (Å²) in [6, 6.07) is 1.16. The van der Waals surface area contributed by atoms with Gasteiger partial charge in [0.05, 0.1) is 25.0 Å². The van der Waals surface area contributed by atoms with Gasteiger partial charge in [-0.3, -0.25) is 14.3 Å². The van der Waals surface area contributed by atoms with E-state index in [2.05, 4.69) is 31.2 Å². The molecule has 27 heavy (non-hydrogen) atoms. The van der Waals surface area contributed by atoms with E-state index in [9.17, 15) is 9.59 Å². The van der Waals surface area contributed by atoms with Crippen molar-refractivity contribution in [2.75, 3.05) is 0 Å². The number of nitrogens with zero attached hydrogens (tertiary/aromatic N) is 6. The molecule has 0 saturated heterocycles. The monoisotopic (exact) mass is 370 g/mol. The number of carbonyl (C=O) groups is 2. The largest absolute Gasteiger partial charge is 0.359 e. The number of hydrogen-bond donors (Lipinski definition) is 2. The third-order valence-electron chi connectivity index (χ3n) is 4.34. The van der Waals surface area contributed by atoms with Crippen LogP contribution in [0.1, 0.15) is 46.2 Å². The van der Waals surface area contributed by atoms with Crippen LogP contribution in [0.2, 0.25) is 0 Å². The SMILES string of the molecule is Cc1cnn(Cc2cc(C(=O)NCc3nnn4c3CNC(=O)C4C)no2)c1. The molecule has 0 fully saturated rings. The molecule has 140 valence electrons. The van der Waals surface area contributed by atoms with Gasteiger partial charge in [0.2, 0.25) is 5.91 Å². The second-order valence-corrected chi connectivity index (χ2v) is 6.40. The van der Waals surface area contributed by atoms with E-state index < -0.39 is 6.04 Å². The topological polar surface area (TPSA) is 133 Å². The van der Waals surface area contributed by atoms with Crippen LogP contribution < -0.4 is 10.6 Å². The first-order chi connectivity index (χ1) is 13.0. The van der Waals surface area contributed by atoms with Gasteiger partial charge in [0.15, 0.2) is 11.5 Å². The third kappa shape index (κ3) is 3.30. The number of carbonyl (C=O) groups excluding carboxylic acids is 2. The zero-order valence-electron chi connectivity index (χ0n) is 14.8. The van der Waals surface area contributed by atoms with Gasteiger partial charge in [0.25, 0.3) is 5.91 Å². The molecule has 1 unspecified atom stereocenters. The van der Waals surface area contributed by atoms with Crippen LogP contribution >= 0.6 is 0 Å². The second-order valence-electron chi connectivity index (χ2n) is 6.40. The van der Waals surface area contributed by atoms with E-state index in [0.29, 0.717) is 24.5 Å². The summed E-state index contributed by atoms with van der Waals surface area (Å²) in [4.78, 5) is 24.0. The molecule has 0 aromatic carbocycles. The predicted octanol–water partition coefficient (Wildman–Crippen LogP) is -0.0599. The van der Waals surface area contributed by atoms with Crippen LogP contribution in [-0.4, -0.2) is 41.7 Å². The Kier molecular flexibility index (Phi) is 4.18. The number of rotatable bonds is 5. The molecule has 1 aliphatic rings. The molecule has 0 bridgehead atoms. The highest BCUT2D eigenvalue weighted by Gasteiger charge is 2.27. The highest BCUT2D eigenvalue weighted by molar-refractivity contribution is 5.92. The molecule has 3 aromatic heterocycles. The van der Waals surface area contributed by atoms with Gasteiger partial charge >= 0.3 is 0 Å². The maximum atomic E-state index is 12.3. The van der Waals surface area contributed by atoms with E-state index in [-0.39, 0.29) is 24.1 Å². The molecule has 1 atom stereocenters. The van der Waals surface area contributed by atoms with Crippen molar-refractivity contribution in [2.45, 2.75) is 39.5 Å². The molecule has 4 heterocycles. The number of amides is 2. The first-order valence-corrected chi connectivity index (χ1v) is 8.45. The molecular weight excluding hydrogens is 352 g/mol. The lowest BCUT2D eigenvalue weighted by atomic mass is 10.2. The lowest BCUT2D eigenvalue weighted by Crippen LogP contribution is -2.38. The second kappa shape index (κ2) is 6.67. The first kappa shape index (κ1) is 16.9. The molecule has 3 aromatic rings. The van der Waals surface area contributed by atoms with Gasteiger partial charge in [-0.25, -0.2) is 4.68 Å². The summed E-state index contributed by atoms with van der Waals surface area (Å²) in [7, 11) is 0. The summed E-state index contributed by atoms with van der Waals surface area (Å²) in [5, 5.41) is 21.6. The van der Waals surface area contributed by atoms with E-state index in [1.807, 2.05) is 13.1 Å². The fraction of sp³-hybridized carbons (Fsp3) is 0.375. The van der Waals surface area contributed by atoms with Crippen molar-refractivity contribution in [3.63, 3.8) is 0 Å². The zero-order chi connectivity index (χ0) is 19.0. The van der Waals surface area contributed by atoms with Crippen LogP contribution in [0.25, 0.3) is 0 Å². The Balaban J connectivity index is 1.39. The smallest absolute Gasteiger partial charge is 0.273 e. The Morgan fingerprint density at radius 3 is 3.11 bits per heavy atom. The lowest BCUT2D eigenvalue weighted by Gasteiger charge is -2.20. The van der Waals surface area contributed by atoms with Gasteiger partial charge in [0.1, 0.15) is 18.3 Å². The maximum absolute atomic E-state index is 12.3. The van der Waals surface area contributed by atoms with Crippen molar-refractivity contribution < 1.29 is 14.1 Å². The highest BCUT2D eigenvalue weighted by atomic mass is 16.5. The summed E-state index contributed by atoms with van der Waals surface area (Å²) >= 11 is 0. The Hall–Kier alpha value is -3.50. The van der Waals surface area contributed by atoms with Crippen molar-refractivity contribution in [1.29, 1.82) is 0 Å². The molecule has 4 rings (SSSR count). The molecule has 11 nitrogen and oxygen atoms in total. The minimum atomic E-state index is -0.422. The standard InChI is InChI=1S/C16H18N8O3/c1-9-4-19-23(7-9)8-11-3-12(21-27-11)16(26)17-5-13-14-6-18-15(25)10(2)24(14)22-20-13/h3-4,7,10H,5-6,8H2,1-2H3,(H,17,26)(H,18,25). The number of nitrogens with one attached hydrogen (secondary N) is 2. The van der Waals surface area contributed by atoms with E-state index in [1.165, 1.54) is 0 Å². The molecule has 11 heteroatoms. The molecule has 0 saturated carbocycles. The van der Waals surface area contributed by atoms with Crippen molar-refractivity contribution in [1.82, 2.24) is 40.6 Å².